The first-order valence-electron chi connectivity index (χ1n) is 16.7. The van der Waals surface area contributed by atoms with Crippen LogP contribution in [0.25, 0.3) is 0 Å². The summed E-state index contributed by atoms with van der Waals surface area (Å²) in [6.07, 6.45) is 10.9. The van der Waals surface area contributed by atoms with Gasteiger partial charge in [0.15, 0.2) is 0 Å². The average Bonchev–Trinajstić information content (AvgIpc) is 3.10. The lowest BCUT2D eigenvalue weighted by atomic mass is 9.92. The van der Waals surface area contributed by atoms with E-state index in [2.05, 4.69) is 109 Å². The summed E-state index contributed by atoms with van der Waals surface area (Å²) in [4.78, 5) is 13.6. The molecule has 238 valence electrons. The van der Waals surface area contributed by atoms with E-state index in [0.717, 1.165) is 12.0 Å². The number of hydrogen-bond donors (Lipinski definition) is 3. The number of carbonyl (C=O) groups excluding carboxylic acids is 1. The molecular weight excluding hydrogens is 573 g/mol. The third kappa shape index (κ3) is 9.60. The summed E-state index contributed by atoms with van der Waals surface area (Å²) in [5, 5.41) is 27.6. The normalized spacial score (nSPS) is 11.8. The van der Waals surface area contributed by atoms with Gasteiger partial charge in [-0.2, -0.15) is 0 Å². The Morgan fingerprint density at radius 2 is 1.07 bits per heavy atom. The highest BCUT2D eigenvalue weighted by atomic mass is 31.2. The maximum Gasteiger partial charge on any atom is 0.224 e. The van der Waals surface area contributed by atoms with E-state index in [-0.39, 0.29) is 25.5 Å². The average molecular weight is 625 g/mol. The highest BCUT2D eigenvalue weighted by molar-refractivity contribution is 7.95. The minimum absolute atomic E-state index is 0.153. The maximum atomic E-state index is 13.6. The number of benzene rings is 4. The molecule has 1 amide bonds. The van der Waals surface area contributed by atoms with E-state index in [0.29, 0.717) is 19.0 Å². The van der Waals surface area contributed by atoms with Crippen molar-refractivity contribution in [1.82, 2.24) is 5.32 Å². The van der Waals surface area contributed by atoms with Gasteiger partial charge in [-0.25, -0.2) is 0 Å². The van der Waals surface area contributed by atoms with Gasteiger partial charge in [0.25, 0.3) is 0 Å². The van der Waals surface area contributed by atoms with Gasteiger partial charge in [-0.3, -0.25) is 4.79 Å². The molecule has 45 heavy (non-hydrogen) atoms. The summed E-state index contributed by atoms with van der Waals surface area (Å²) >= 11 is 0. The van der Waals surface area contributed by atoms with Gasteiger partial charge >= 0.3 is 0 Å². The molecule has 4 aromatic carbocycles. The van der Waals surface area contributed by atoms with Gasteiger partial charge in [-0.15, -0.1) is 0 Å². The molecule has 4 rings (SSSR count). The van der Waals surface area contributed by atoms with Crippen molar-refractivity contribution in [2.45, 2.75) is 76.7 Å². The van der Waals surface area contributed by atoms with Crippen molar-refractivity contribution in [3.8, 4) is 0 Å². The lowest BCUT2D eigenvalue weighted by molar-refractivity contribution is -0.124. The molecule has 0 aliphatic heterocycles. The van der Waals surface area contributed by atoms with Crippen LogP contribution in [0.2, 0.25) is 0 Å². The molecule has 4 aromatic rings. The molecule has 4 nitrogen and oxygen atoms in total. The quantitative estimate of drug-likeness (QED) is 0.0799. The zero-order valence-corrected chi connectivity index (χ0v) is 27.8. The van der Waals surface area contributed by atoms with Crippen LogP contribution in [-0.4, -0.2) is 41.0 Å². The Balaban J connectivity index is 1.43. The molecule has 0 aliphatic rings. The van der Waals surface area contributed by atoms with Gasteiger partial charge in [0, 0.05) is 0 Å². The molecule has 0 heterocycles. The van der Waals surface area contributed by atoms with E-state index >= 15 is 0 Å². The number of nitrogens with one attached hydrogen (secondary N) is 1. The molecule has 0 saturated carbocycles. The van der Waals surface area contributed by atoms with Crippen LogP contribution in [0, 0.1) is 0 Å². The van der Waals surface area contributed by atoms with Crippen LogP contribution in [0.15, 0.2) is 115 Å². The van der Waals surface area contributed by atoms with Gasteiger partial charge < -0.3 is 15.5 Å². The lowest BCUT2D eigenvalue weighted by Gasteiger charge is -2.32. The van der Waals surface area contributed by atoms with Crippen molar-refractivity contribution in [2.75, 3.05) is 19.4 Å². The minimum Gasteiger partial charge on any atom is -0.394 e. The van der Waals surface area contributed by atoms with E-state index in [1.165, 1.54) is 60.0 Å². The van der Waals surface area contributed by atoms with E-state index in [4.69, 9.17) is 0 Å². The van der Waals surface area contributed by atoms with Crippen LogP contribution < -0.4 is 21.2 Å². The molecule has 0 unspecified atom stereocenters. The molecule has 0 fully saturated rings. The fraction of sp³-hybridized carbons (Fsp3) is 0.375. The van der Waals surface area contributed by atoms with Crippen molar-refractivity contribution in [2.24, 2.45) is 0 Å². The number of amides is 1. The van der Waals surface area contributed by atoms with Gasteiger partial charge in [0.05, 0.1) is 31.3 Å². The van der Waals surface area contributed by atoms with Crippen molar-refractivity contribution >= 4 is 29.1 Å². The van der Waals surface area contributed by atoms with Crippen LogP contribution >= 0.6 is 7.26 Å². The smallest absolute Gasteiger partial charge is 0.224 e. The lowest BCUT2D eigenvalue weighted by Crippen LogP contribution is -2.54. The second kappa shape index (κ2) is 18.0. The van der Waals surface area contributed by atoms with Gasteiger partial charge in [0.2, 0.25) is 5.91 Å². The van der Waals surface area contributed by atoms with Crippen molar-refractivity contribution < 1.29 is 15.0 Å². The fourth-order valence-corrected chi connectivity index (χ4v) is 10.5. The van der Waals surface area contributed by atoms with Gasteiger partial charge in [0.1, 0.15) is 23.2 Å². The third-order valence-corrected chi connectivity index (χ3v) is 13.4. The fourth-order valence-electron chi connectivity index (χ4n) is 6.22. The largest absolute Gasteiger partial charge is 0.394 e. The first-order valence-corrected chi connectivity index (χ1v) is 18.7. The Bertz CT molecular complexity index is 1290. The third-order valence-electron chi connectivity index (χ3n) is 9.01. The Morgan fingerprint density at radius 3 is 1.53 bits per heavy atom. The van der Waals surface area contributed by atoms with E-state index in [1.807, 2.05) is 18.2 Å². The number of aliphatic hydroxyl groups excluding tert-OH is 2. The SMILES string of the molecule is CCCCCCCCc1ccc(CCC(CO)(CO)NC(=O)CC[P+](c2ccccc2)(c2ccccc2)c2ccccc2)cc1. The highest BCUT2D eigenvalue weighted by Crippen LogP contribution is 2.55. The summed E-state index contributed by atoms with van der Waals surface area (Å²) in [5.74, 6) is -0.153. The van der Waals surface area contributed by atoms with Crippen molar-refractivity contribution in [3.05, 3.63) is 126 Å². The van der Waals surface area contributed by atoms with E-state index in [9.17, 15) is 15.0 Å². The molecule has 0 saturated heterocycles. The number of aliphatic hydroxyl groups is 2. The minimum atomic E-state index is -2.16. The molecule has 0 atom stereocenters. The summed E-state index contributed by atoms with van der Waals surface area (Å²) in [7, 11) is -2.16. The van der Waals surface area contributed by atoms with Crippen LogP contribution in [0.5, 0.6) is 0 Å². The molecule has 0 aliphatic carbocycles. The molecule has 3 N–H and O–H groups in total. The Labute approximate surface area is 271 Å². The number of hydrogen-bond acceptors (Lipinski definition) is 3. The van der Waals surface area contributed by atoms with Crippen molar-refractivity contribution in [1.29, 1.82) is 0 Å². The first-order chi connectivity index (χ1) is 22.0. The summed E-state index contributed by atoms with van der Waals surface area (Å²) in [6.45, 7) is 1.61. The summed E-state index contributed by atoms with van der Waals surface area (Å²) in [5.41, 5.74) is 1.41. The summed E-state index contributed by atoms with van der Waals surface area (Å²) in [6, 6.07) is 40.2. The maximum absolute atomic E-state index is 13.6. The van der Waals surface area contributed by atoms with Crippen molar-refractivity contribution in [3.63, 3.8) is 0 Å². The molecule has 0 aromatic heterocycles. The van der Waals surface area contributed by atoms with E-state index < -0.39 is 12.8 Å². The number of aryl methyl sites for hydroxylation is 2. The van der Waals surface area contributed by atoms with Crippen LogP contribution in [0.3, 0.4) is 0 Å². The second-order valence-corrected chi connectivity index (χ2v) is 15.9. The second-order valence-electron chi connectivity index (χ2n) is 12.3. The standard InChI is InChI=1S/C40H50NO3P/c1-2-3-4-5-6-10-17-34-24-26-35(27-25-34)28-30-40(32-42,33-43)41-39(44)29-31-45(36-18-11-7-12-19-36,37-20-13-8-14-21-37)38-22-15-9-16-23-38/h7-9,11-16,18-27,42-43H,2-6,10,17,28-33H2,1H3/p+1. The molecular formula is C40H51NO3P+. The monoisotopic (exact) mass is 624 g/mol. The molecule has 0 spiro atoms. The Kier molecular flexibility index (Phi) is 13.8. The zero-order chi connectivity index (χ0) is 31.8. The van der Waals surface area contributed by atoms with E-state index in [1.54, 1.807) is 0 Å². The van der Waals surface area contributed by atoms with Crippen LogP contribution in [-0.2, 0) is 17.6 Å². The van der Waals surface area contributed by atoms with Crippen LogP contribution in [0.4, 0.5) is 0 Å². The highest BCUT2D eigenvalue weighted by Gasteiger charge is 2.45. The number of carbonyl (C=O) groups is 1. The topological polar surface area (TPSA) is 69.6 Å². The summed E-state index contributed by atoms with van der Waals surface area (Å²) < 4.78 is 0. The number of rotatable bonds is 19. The Hall–Kier alpha value is -3.30. The molecule has 0 bridgehead atoms. The zero-order valence-electron chi connectivity index (χ0n) is 26.9. The molecule has 0 radical (unpaired) electrons. The number of unbranched alkanes of at least 4 members (excludes halogenated alkanes) is 5. The van der Waals surface area contributed by atoms with Gasteiger partial charge in [-0.05, 0) is 73.2 Å². The van der Waals surface area contributed by atoms with Crippen LogP contribution in [0.1, 0.15) is 69.4 Å². The van der Waals surface area contributed by atoms with Gasteiger partial charge in [-0.1, -0.05) is 118 Å². The molecule has 5 heteroatoms. The predicted octanol–water partition coefficient (Wildman–Crippen LogP) is 6.75. The first kappa shape index (κ1) is 34.6. The predicted molar refractivity (Wildman–Crippen MR) is 192 cm³/mol. The Morgan fingerprint density at radius 1 is 0.622 bits per heavy atom.